The number of nitrogens with zero attached hydrogens (tertiary/aromatic N) is 2. The van der Waals surface area contributed by atoms with Gasteiger partial charge in [0.1, 0.15) is 0 Å². The first-order valence-electron chi connectivity index (χ1n) is 11.0. The molecule has 3 aromatic rings. The minimum atomic E-state index is -0.782. The molecule has 0 aliphatic carbocycles. The quantitative estimate of drug-likeness (QED) is 0.604. The van der Waals surface area contributed by atoms with Crippen LogP contribution in [0.4, 0.5) is 0 Å². The van der Waals surface area contributed by atoms with Gasteiger partial charge in [-0.3, -0.25) is 14.6 Å². The number of benzene rings is 3. The lowest BCUT2D eigenvalue weighted by Gasteiger charge is -2.40. The zero-order valence-corrected chi connectivity index (χ0v) is 18.0. The summed E-state index contributed by atoms with van der Waals surface area (Å²) < 4.78 is 0. The number of aliphatic carboxylic acids is 1. The molecule has 4 heteroatoms. The van der Waals surface area contributed by atoms with E-state index in [-0.39, 0.29) is 6.04 Å². The second-order valence-corrected chi connectivity index (χ2v) is 8.34. The maximum atomic E-state index is 11.2. The fourth-order valence-electron chi connectivity index (χ4n) is 4.38. The summed E-state index contributed by atoms with van der Waals surface area (Å²) in [5.74, 6) is -1.25. The molecule has 0 aromatic heterocycles. The molecule has 1 saturated heterocycles. The Bertz CT molecular complexity index is 926. The van der Waals surface area contributed by atoms with Crippen LogP contribution in [-0.2, 0) is 11.3 Å². The number of carbonyl (C=O) groups is 1. The van der Waals surface area contributed by atoms with Gasteiger partial charge in [0.2, 0.25) is 0 Å². The van der Waals surface area contributed by atoms with Gasteiger partial charge in [0.25, 0.3) is 0 Å². The van der Waals surface area contributed by atoms with Gasteiger partial charge in [0.15, 0.2) is 0 Å². The van der Waals surface area contributed by atoms with E-state index >= 15 is 0 Å². The third kappa shape index (κ3) is 5.22. The van der Waals surface area contributed by atoms with Crippen molar-refractivity contribution in [3.05, 3.63) is 107 Å². The SMILES string of the molecule is C[C@@H](C(=O)O)c1ccc(CN2CCN(C(c3ccccc3)c3ccccc3)CC2)cc1. The number of hydrogen-bond donors (Lipinski definition) is 1. The molecule has 1 aliphatic heterocycles. The lowest BCUT2D eigenvalue weighted by molar-refractivity contribution is -0.138. The standard InChI is InChI=1S/C27H30N2O2/c1-21(27(30)31)23-14-12-22(13-15-23)20-28-16-18-29(19-17-28)26(24-8-4-2-5-9-24)25-10-6-3-7-11-25/h2-15,21,26H,16-20H2,1H3,(H,30,31)/t21-/m1/s1. The maximum Gasteiger partial charge on any atom is 0.310 e. The molecular weight excluding hydrogens is 384 g/mol. The molecule has 1 heterocycles. The first-order valence-corrected chi connectivity index (χ1v) is 11.0. The molecule has 1 aliphatic rings. The molecule has 160 valence electrons. The number of rotatable bonds is 7. The second-order valence-electron chi connectivity index (χ2n) is 8.34. The minimum Gasteiger partial charge on any atom is -0.481 e. The highest BCUT2D eigenvalue weighted by Gasteiger charge is 2.26. The van der Waals surface area contributed by atoms with E-state index in [1.54, 1.807) is 6.92 Å². The first-order chi connectivity index (χ1) is 15.1. The molecule has 0 amide bonds. The van der Waals surface area contributed by atoms with Crippen LogP contribution in [0.1, 0.15) is 41.1 Å². The highest BCUT2D eigenvalue weighted by Crippen LogP contribution is 2.29. The van der Waals surface area contributed by atoms with Crippen LogP contribution in [0.2, 0.25) is 0 Å². The Balaban J connectivity index is 1.41. The van der Waals surface area contributed by atoms with Crippen molar-refractivity contribution in [3.63, 3.8) is 0 Å². The Morgan fingerprint density at radius 1 is 0.774 bits per heavy atom. The number of hydrogen-bond acceptors (Lipinski definition) is 3. The van der Waals surface area contributed by atoms with E-state index in [4.69, 9.17) is 0 Å². The highest BCUT2D eigenvalue weighted by molar-refractivity contribution is 5.75. The van der Waals surface area contributed by atoms with Crippen molar-refractivity contribution in [1.82, 2.24) is 9.80 Å². The monoisotopic (exact) mass is 414 g/mol. The molecule has 3 aromatic carbocycles. The Morgan fingerprint density at radius 2 is 1.29 bits per heavy atom. The molecule has 4 nitrogen and oxygen atoms in total. The zero-order valence-electron chi connectivity index (χ0n) is 18.0. The van der Waals surface area contributed by atoms with Crippen molar-refractivity contribution in [2.45, 2.75) is 25.4 Å². The molecule has 0 spiro atoms. The van der Waals surface area contributed by atoms with Gasteiger partial charge in [0, 0.05) is 32.7 Å². The van der Waals surface area contributed by atoms with Crippen LogP contribution >= 0.6 is 0 Å². The normalized spacial score (nSPS) is 16.3. The summed E-state index contributed by atoms with van der Waals surface area (Å²) in [5.41, 5.74) is 4.77. The smallest absolute Gasteiger partial charge is 0.310 e. The van der Waals surface area contributed by atoms with Crippen LogP contribution in [0, 0.1) is 0 Å². The van der Waals surface area contributed by atoms with E-state index in [1.165, 1.54) is 16.7 Å². The van der Waals surface area contributed by atoms with Gasteiger partial charge in [0.05, 0.1) is 12.0 Å². The number of carboxylic acids is 1. The van der Waals surface area contributed by atoms with Gasteiger partial charge in [-0.1, -0.05) is 84.9 Å². The Labute approximate surface area is 184 Å². The van der Waals surface area contributed by atoms with Crippen molar-refractivity contribution in [2.75, 3.05) is 26.2 Å². The van der Waals surface area contributed by atoms with E-state index in [0.717, 1.165) is 38.3 Å². The molecule has 1 N–H and O–H groups in total. The van der Waals surface area contributed by atoms with E-state index in [2.05, 4.69) is 82.6 Å². The largest absolute Gasteiger partial charge is 0.481 e. The fourth-order valence-corrected chi connectivity index (χ4v) is 4.38. The predicted octanol–water partition coefficient (Wildman–Crippen LogP) is 4.78. The van der Waals surface area contributed by atoms with Crippen molar-refractivity contribution in [3.8, 4) is 0 Å². The van der Waals surface area contributed by atoms with E-state index in [1.807, 2.05) is 12.1 Å². The van der Waals surface area contributed by atoms with Gasteiger partial charge in [-0.2, -0.15) is 0 Å². The molecule has 4 rings (SSSR count). The highest BCUT2D eigenvalue weighted by atomic mass is 16.4. The average molecular weight is 415 g/mol. The molecule has 0 radical (unpaired) electrons. The van der Waals surface area contributed by atoms with E-state index in [9.17, 15) is 9.90 Å². The fraction of sp³-hybridized carbons (Fsp3) is 0.296. The molecule has 0 saturated carbocycles. The topological polar surface area (TPSA) is 43.8 Å². The van der Waals surface area contributed by atoms with Crippen LogP contribution in [-0.4, -0.2) is 47.1 Å². The predicted molar refractivity (Wildman–Crippen MR) is 124 cm³/mol. The van der Waals surface area contributed by atoms with Crippen LogP contribution in [0.5, 0.6) is 0 Å². The van der Waals surface area contributed by atoms with E-state index < -0.39 is 11.9 Å². The third-order valence-corrected chi connectivity index (χ3v) is 6.26. The lowest BCUT2D eigenvalue weighted by atomic mass is 9.96. The van der Waals surface area contributed by atoms with Crippen molar-refractivity contribution in [1.29, 1.82) is 0 Å². The molecule has 1 atom stereocenters. The van der Waals surface area contributed by atoms with Crippen molar-refractivity contribution < 1.29 is 9.90 Å². The van der Waals surface area contributed by atoms with Crippen LogP contribution in [0.15, 0.2) is 84.9 Å². The number of piperazine rings is 1. The minimum absolute atomic E-state index is 0.279. The van der Waals surface area contributed by atoms with Crippen LogP contribution in [0.25, 0.3) is 0 Å². The third-order valence-electron chi connectivity index (χ3n) is 6.26. The zero-order chi connectivity index (χ0) is 21.6. The Kier molecular flexibility index (Phi) is 6.80. The van der Waals surface area contributed by atoms with Crippen LogP contribution < -0.4 is 0 Å². The van der Waals surface area contributed by atoms with Crippen LogP contribution in [0.3, 0.4) is 0 Å². The summed E-state index contributed by atoms with van der Waals surface area (Å²) >= 11 is 0. The summed E-state index contributed by atoms with van der Waals surface area (Å²) in [6.07, 6.45) is 0. The maximum absolute atomic E-state index is 11.2. The van der Waals surface area contributed by atoms with Gasteiger partial charge >= 0.3 is 5.97 Å². The summed E-state index contributed by atoms with van der Waals surface area (Å²) in [7, 11) is 0. The summed E-state index contributed by atoms with van der Waals surface area (Å²) in [5, 5.41) is 9.19. The number of carboxylic acid groups (broad SMARTS) is 1. The summed E-state index contributed by atoms with van der Waals surface area (Å²) in [6.45, 7) is 6.70. The van der Waals surface area contributed by atoms with Gasteiger partial charge in [-0.15, -0.1) is 0 Å². The molecule has 1 fully saturated rings. The Hall–Kier alpha value is -2.95. The molecule has 0 unspecified atom stereocenters. The van der Waals surface area contributed by atoms with Crippen molar-refractivity contribution >= 4 is 5.97 Å². The summed E-state index contributed by atoms with van der Waals surface area (Å²) in [6, 6.07) is 29.9. The summed E-state index contributed by atoms with van der Waals surface area (Å²) in [4.78, 5) is 16.2. The molecule has 31 heavy (non-hydrogen) atoms. The Morgan fingerprint density at radius 3 is 1.77 bits per heavy atom. The molecular formula is C27H30N2O2. The van der Waals surface area contributed by atoms with Crippen molar-refractivity contribution in [2.24, 2.45) is 0 Å². The van der Waals surface area contributed by atoms with Gasteiger partial charge in [-0.25, -0.2) is 0 Å². The van der Waals surface area contributed by atoms with Gasteiger partial charge in [-0.05, 0) is 29.2 Å². The van der Waals surface area contributed by atoms with E-state index in [0.29, 0.717) is 0 Å². The average Bonchev–Trinajstić information content (AvgIpc) is 2.82. The molecule has 0 bridgehead atoms. The van der Waals surface area contributed by atoms with Gasteiger partial charge < -0.3 is 5.11 Å². The first kappa shape index (κ1) is 21.3. The lowest BCUT2D eigenvalue weighted by Crippen LogP contribution is -2.47. The second kappa shape index (κ2) is 9.90.